The number of nitrogens with one attached hydrogen (secondary N) is 1. The summed E-state index contributed by atoms with van der Waals surface area (Å²) in [5, 5.41) is 5.15. The summed E-state index contributed by atoms with van der Waals surface area (Å²) < 4.78 is 20.6. The third kappa shape index (κ3) is 6.32. The van der Waals surface area contributed by atoms with E-state index in [2.05, 4.69) is 15.5 Å². The van der Waals surface area contributed by atoms with Gasteiger partial charge in [0.15, 0.2) is 5.58 Å². The molecule has 4 aromatic rings. The Morgan fingerprint density at radius 1 is 1.12 bits per heavy atom. The number of fused-ring (bicyclic) bond motifs is 2. The number of hydrogen-bond acceptors (Lipinski definition) is 7. The average molecular weight is 547 g/mol. The Balaban J connectivity index is 0.000000274. The van der Waals surface area contributed by atoms with E-state index in [1.54, 1.807) is 6.07 Å². The number of rotatable bonds is 6. The highest BCUT2D eigenvalue weighted by Gasteiger charge is 2.26. The van der Waals surface area contributed by atoms with E-state index in [9.17, 15) is 9.18 Å². The smallest absolute Gasteiger partial charge is 0.256 e. The normalized spacial score (nSPS) is 16.8. The lowest BCUT2D eigenvalue weighted by molar-refractivity contribution is 0.211. The molecule has 2 aliphatic rings. The highest BCUT2D eigenvalue weighted by atomic mass is 19.1. The van der Waals surface area contributed by atoms with Crippen LogP contribution in [0.1, 0.15) is 72.9 Å². The molecular weight excluding hydrogens is 507 g/mol. The minimum Gasteiger partial charge on any atom is -0.356 e. The summed E-state index contributed by atoms with van der Waals surface area (Å²) in [6, 6.07) is 15.0. The number of hydrogen-bond donors (Lipinski definition) is 2. The van der Waals surface area contributed by atoms with Crippen molar-refractivity contribution in [3.05, 3.63) is 93.0 Å². The highest BCUT2D eigenvalue weighted by molar-refractivity contribution is 5.79. The molecule has 0 spiro atoms. The number of halogens is 1. The van der Waals surface area contributed by atoms with E-state index in [4.69, 9.17) is 15.3 Å². The molecule has 0 aliphatic carbocycles. The first-order valence-electron chi connectivity index (χ1n) is 14.3. The number of likely N-dealkylation sites (tertiary alicyclic amines) is 1. The number of benzene rings is 2. The second kappa shape index (κ2) is 12.8. The van der Waals surface area contributed by atoms with Crippen molar-refractivity contribution in [3.63, 3.8) is 0 Å². The fraction of sp³-hybridized carbons (Fsp3) is 0.452. The molecule has 0 saturated carbocycles. The monoisotopic (exact) mass is 546 g/mol. The standard InChI is InChI=1S/C23H27FN4O2.C8H12N2/c1-15-18(23(29)28-10-3-2-4-21(28)25-15)9-13-27-11-7-16(8-12-27)22-19-6-5-17(24)14-20(19)30-26-22;1-7(10-9)8-5-3-2-4-6-8/h5-6,14,16H,2-4,7-13H2,1H3;2-7,10H,9H2,1H3. The molecular formula is C31H39FN6O2. The van der Waals surface area contributed by atoms with Gasteiger partial charge in [0.25, 0.3) is 5.56 Å². The molecule has 1 saturated heterocycles. The number of hydrazine groups is 1. The van der Waals surface area contributed by atoms with Gasteiger partial charge >= 0.3 is 0 Å². The molecule has 1 fully saturated rings. The zero-order chi connectivity index (χ0) is 28.1. The van der Waals surface area contributed by atoms with E-state index in [1.165, 1.54) is 17.7 Å². The summed E-state index contributed by atoms with van der Waals surface area (Å²) >= 11 is 0. The summed E-state index contributed by atoms with van der Waals surface area (Å²) in [7, 11) is 0. The maximum atomic E-state index is 13.4. The van der Waals surface area contributed by atoms with Crippen LogP contribution < -0.4 is 16.8 Å². The predicted octanol–water partition coefficient (Wildman–Crippen LogP) is 4.80. The Morgan fingerprint density at radius 2 is 1.90 bits per heavy atom. The number of aromatic nitrogens is 3. The molecule has 1 unspecified atom stereocenters. The molecule has 0 radical (unpaired) electrons. The molecule has 0 amide bonds. The second-order valence-electron chi connectivity index (χ2n) is 10.9. The van der Waals surface area contributed by atoms with E-state index in [0.29, 0.717) is 11.5 Å². The van der Waals surface area contributed by atoms with Crippen molar-refractivity contribution in [3.8, 4) is 0 Å². The molecule has 9 heteroatoms. The maximum absolute atomic E-state index is 13.4. The fourth-order valence-corrected chi connectivity index (χ4v) is 5.78. The average Bonchev–Trinajstić information content (AvgIpc) is 3.41. The first-order chi connectivity index (χ1) is 19.4. The number of piperidine rings is 1. The van der Waals surface area contributed by atoms with Gasteiger partial charge in [0, 0.05) is 54.2 Å². The van der Waals surface area contributed by atoms with Crippen molar-refractivity contribution in [2.75, 3.05) is 19.6 Å². The first kappa shape index (κ1) is 28.1. The van der Waals surface area contributed by atoms with E-state index in [1.807, 2.05) is 48.7 Å². The summed E-state index contributed by atoms with van der Waals surface area (Å²) in [5.41, 5.74) is 7.27. The second-order valence-corrected chi connectivity index (χ2v) is 10.9. The minimum absolute atomic E-state index is 0.161. The predicted molar refractivity (Wildman–Crippen MR) is 154 cm³/mol. The van der Waals surface area contributed by atoms with Crippen molar-refractivity contribution in [1.29, 1.82) is 0 Å². The molecule has 2 aromatic carbocycles. The Labute approximate surface area is 234 Å². The summed E-state index contributed by atoms with van der Waals surface area (Å²) in [4.78, 5) is 20.1. The van der Waals surface area contributed by atoms with Crippen LogP contribution in [-0.2, 0) is 19.4 Å². The van der Waals surface area contributed by atoms with Gasteiger partial charge in [-0.2, -0.15) is 0 Å². The molecule has 1 atom stereocenters. The van der Waals surface area contributed by atoms with E-state index < -0.39 is 0 Å². The van der Waals surface area contributed by atoms with Crippen molar-refractivity contribution >= 4 is 11.0 Å². The molecule has 2 aliphatic heterocycles. The third-order valence-electron chi connectivity index (χ3n) is 8.24. The van der Waals surface area contributed by atoms with E-state index in [0.717, 1.165) is 92.9 Å². The van der Waals surface area contributed by atoms with Gasteiger partial charge in [0.05, 0.1) is 5.69 Å². The number of aryl methyl sites for hydroxylation is 2. The Kier molecular flexibility index (Phi) is 9.04. The summed E-state index contributed by atoms with van der Waals surface area (Å²) in [6.45, 7) is 7.58. The SMILES string of the molecule is CC(NN)c1ccccc1.Cc1nc2n(c(=O)c1CCN1CCC(c3noc4cc(F)ccc34)CC1)CCCC2. The van der Waals surface area contributed by atoms with Gasteiger partial charge in [-0.1, -0.05) is 35.5 Å². The zero-order valence-corrected chi connectivity index (χ0v) is 23.4. The molecule has 212 valence electrons. The summed E-state index contributed by atoms with van der Waals surface area (Å²) in [5.74, 6) is 6.23. The Hall–Kier alpha value is -3.40. The van der Waals surface area contributed by atoms with Crippen LogP contribution in [0.4, 0.5) is 4.39 Å². The van der Waals surface area contributed by atoms with Crippen molar-refractivity contribution < 1.29 is 8.91 Å². The van der Waals surface area contributed by atoms with Gasteiger partial charge in [-0.25, -0.2) is 9.37 Å². The van der Waals surface area contributed by atoms with E-state index in [-0.39, 0.29) is 17.4 Å². The topological polar surface area (TPSA) is 102 Å². The van der Waals surface area contributed by atoms with Crippen LogP contribution in [0.2, 0.25) is 0 Å². The van der Waals surface area contributed by atoms with Crippen LogP contribution in [0, 0.1) is 12.7 Å². The quantitative estimate of drug-likeness (QED) is 0.265. The van der Waals surface area contributed by atoms with Crippen molar-refractivity contribution in [1.82, 2.24) is 25.0 Å². The number of nitrogens with zero attached hydrogens (tertiary/aromatic N) is 4. The van der Waals surface area contributed by atoms with Crippen molar-refractivity contribution in [2.45, 2.75) is 70.9 Å². The molecule has 6 rings (SSSR count). The molecule has 8 nitrogen and oxygen atoms in total. The minimum atomic E-state index is -0.303. The summed E-state index contributed by atoms with van der Waals surface area (Å²) in [6.07, 6.45) is 5.81. The van der Waals surface area contributed by atoms with Crippen LogP contribution in [-0.4, -0.2) is 39.2 Å². The highest BCUT2D eigenvalue weighted by Crippen LogP contribution is 2.32. The van der Waals surface area contributed by atoms with Crippen LogP contribution in [0.25, 0.3) is 11.0 Å². The van der Waals surface area contributed by atoms with E-state index >= 15 is 0 Å². The van der Waals surface area contributed by atoms with Gasteiger partial charge < -0.3 is 9.42 Å². The molecule has 0 bridgehead atoms. The molecule has 2 aromatic heterocycles. The largest absolute Gasteiger partial charge is 0.356 e. The third-order valence-corrected chi connectivity index (χ3v) is 8.24. The van der Waals surface area contributed by atoms with Gasteiger partial charge in [-0.05, 0) is 76.7 Å². The Bertz CT molecular complexity index is 1480. The van der Waals surface area contributed by atoms with Gasteiger partial charge in [0.1, 0.15) is 11.6 Å². The van der Waals surface area contributed by atoms with Crippen LogP contribution in [0.3, 0.4) is 0 Å². The van der Waals surface area contributed by atoms with Crippen molar-refractivity contribution in [2.24, 2.45) is 5.84 Å². The van der Waals surface area contributed by atoms with Crippen LogP contribution in [0.15, 0.2) is 57.8 Å². The van der Waals surface area contributed by atoms with Crippen LogP contribution in [0.5, 0.6) is 0 Å². The molecule has 40 heavy (non-hydrogen) atoms. The lowest BCUT2D eigenvalue weighted by atomic mass is 9.91. The fourth-order valence-electron chi connectivity index (χ4n) is 5.78. The molecule has 4 heterocycles. The number of nitrogens with two attached hydrogens (primary N) is 1. The molecule has 3 N–H and O–H groups in total. The zero-order valence-electron chi connectivity index (χ0n) is 23.4. The van der Waals surface area contributed by atoms with Gasteiger partial charge in [0.2, 0.25) is 0 Å². The lowest BCUT2D eigenvalue weighted by Gasteiger charge is -2.31. The van der Waals surface area contributed by atoms with Crippen LogP contribution >= 0.6 is 0 Å². The maximum Gasteiger partial charge on any atom is 0.256 e. The first-order valence-corrected chi connectivity index (χ1v) is 14.3. The van der Waals surface area contributed by atoms with Gasteiger partial charge in [-0.3, -0.25) is 20.6 Å². The lowest BCUT2D eigenvalue weighted by Crippen LogP contribution is -2.37. The Morgan fingerprint density at radius 3 is 2.65 bits per heavy atom. The van der Waals surface area contributed by atoms with Gasteiger partial charge in [-0.15, -0.1) is 0 Å².